The normalized spacial score (nSPS) is 23.6. The smallest absolute Gasteiger partial charge is 0.408 e. The summed E-state index contributed by atoms with van der Waals surface area (Å²) in [6.45, 7) is 3.79. The second-order valence-electron chi connectivity index (χ2n) is 4.70. The van der Waals surface area contributed by atoms with E-state index in [0.717, 1.165) is 5.56 Å². The van der Waals surface area contributed by atoms with Crippen molar-refractivity contribution in [2.24, 2.45) is 5.92 Å². The quantitative estimate of drug-likeness (QED) is 0.659. The van der Waals surface area contributed by atoms with Crippen molar-refractivity contribution in [1.82, 2.24) is 5.32 Å². The fraction of sp³-hybridized carbons (Fsp3) is 0.333. The van der Waals surface area contributed by atoms with Crippen LogP contribution in [0.3, 0.4) is 0 Å². The van der Waals surface area contributed by atoms with Crippen LogP contribution in [0.15, 0.2) is 43.0 Å². The average molecular weight is 275 g/mol. The van der Waals surface area contributed by atoms with Crippen molar-refractivity contribution >= 4 is 12.1 Å². The predicted octanol–water partition coefficient (Wildman–Crippen LogP) is 2.03. The Morgan fingerprint density at radius 2 is 2.15 bits per heavy atom. The third kappa shape index (κ3) is 2.82. The van der Waals surface area contributed by atoms with Crippen LogP contribution in [0.25, 0.3) is 0 Å². The zero-order valence-corrected chi connectivity index (χ0v) is 11.3. The topological polar surface area (TPSA) is 64.6 Å². The molecule has 1 fully saturated rings. The van der Waals surface area contributed by atoms with E-state index in [9.17, 15) is 9.59 Å². The molecule has 1 amide bonds. The van der Waals surface area contributed by atoms with Crippen LogP contribution < -0.4 is 5.32 Å². The molecule has 20 heavy (non-hydrogen) atoms. The number of methoxy groups -OCH3 is 1. The number of rotatable bonds is 5. The molecule has 0 heterocycles. The van der Waals surface area contributed by atoms with Gasteiger partial charge in [-0.2, -0.15) is 0 Å². The number of nitrogens with one attached hydrogen (secondary N) is 1. The Morgan fingerprint density at radius 3 is 2.70 bits per heavy atom. The highest BCUT2D eigenvalue weighted by Crippen LogP contribution is 2.45. The molecule has 106 valence electrons. The van der Waals surface area contributed by atoms with Crippen LogP contribution in [0.1, 0.15) is 12.0 Å². The summed E-state index contributed by atoms with van der Waals surface area (Å²) in [4.78, 5) is 23.5. The first-order chi connectivity index (χ1) is 9.62. The minimum absolute atomic E-state index is 0.112. The molecule has 0 radical (unpaired) electrons. The summed E-state index contributed by atoms with van der Waals surface area (Å²) < 4.78 is 9.82. The zero-order chi connectivity index (χ0) is 14.6. The van der Waals surface area contributed by atoms with Gasteiger partial charge in [0.05, 0.1) is 7.11 Å². The van der Waals surface area contributed by atoms with E-state index >= 15 is 0 Å². The molecule has 1 aliphatic carbocycles. The molecule has 0 aromatic heterocycles. The molecule has 1 aliphatic rings. The number of hydrogen-bond acceptors (Lipinski definition) is 4. The molecule has 0 spiro atoms. The minimum Gasteiger partial charge on any atom is -0.467 e. The van der Waals surface area contributed by atoms with E-state index in [4.69, 9.17) is 9.47 Å². The third-order valence-corrected chi connectivity index (χ3v) is 3.39. The fourth-order valence-corrected chi connectivity index (χ4v) is 2.13. The molecule has 2 rings (SSSR count). The molecular weight excluding hydrogens is 258 g/mol. The van der Waals surface area contributed by atoms with Crippen molar-refractivity contribution in [2.75, 3.05) is 7.11 Å². The standard InChI is InChI=1S/C15H17NO4/c1-3-12-9-15(12,13(17)19-2)16-14(18)20-10-11-7-5-4-6-8-11/h3-8,12H,1,9-10H2,2H3,(H,16,18)/t12-,15+/m1/s1. The van der Waals surface area contributed by atoms with E-state index in [1.54, 1.807) is 6.08 Å². The molecular formula is C15H17NO4. The summed E-state index contributed by atoms with van der Waals surface area (Å²) in [5.74, 6) is -0.585. The van der Waals surface area contributed by atoms with Crippen LogP contribution in [0.2, 0.25) is 0 Å². The van der Waals surface area contributed by atoms with E-state index < -0.39 is 17.6 Å². The van der Waals surface area contributed by atoms with Gasteiger partial charge in [-0.25, -0.2) is 9.59 Å². The molecule has 5 heteroatoms. The van der Waals surface area contributed by atoms with E-state index in [1.165, 1.54) is 7.11 Å². The number of amides is 1. The maximum Gasteiger partial charge on any atom is 0.408 e. The van der Waals surface area contributed by atoms with Gasteiger partial charge in [-0.05, 0) is 12.0 Å². The number of esters is 1. The predicted molar refractivity (Wildman–Crippen MR) is 72.8 cm³/mol. The Labute approximate surface area is 117 Å². The molecule has 5 nitrogen and oxygen atoms in total. The molecule has 0 bridgehead atoms. The van der Waals surface area contributed by atoms with Crippen LogP contribution >= 0.6 is 0 Å². The van der Waals surface area contributed by atoms with Crippen molar-refractivity contribution in [3.63, 3.8) is 0 Å². The summed E-state index contributed by atoms with van der Waals surface area (Å²) in [7, 11) is 1.29. The monoisotopic (exact) mass is 275 g/mol. The van der Waals surface area contributed by atoms with Gasteiger partial charge in [-0.3, -0.25) is 0 Å². The summed E-state index contributed by atoms with van der Waals surface area (Å²) >= 11 is 0. The van der Waals surface area contributed by atoms with Gasteiger partial charge in [-0.1, -0.05) is 36.4 Å². The van der Waals surface area contributed by atoms with Gasteiger partial charge in [-0.15, -0.1) is 6.58 Å². The molecule has 1 N–H and O–H groups in total. The van der Waals surface area contributed by atoms with Crippen molar-refractivity contribution in [3.05, 3.63) is 48.6 Å². The van der Waals surface area contributed by atoms with Crippen LogP contribution in [0, 0.1) is 5.92 Å². The first-order valence-electron chi connectivity index (χ1n) is 6.32. The molecule has 1 aromatic rings. The van der Waals surface area contributed by atoms with E-state index in [0.29, 0.717) is 6.42 Å². The summed E-state index contributed by atoms with van der Waals surface area (Å²) in [6.07, 6.45) is 1.49. The van der Waals surface area contributed by atoms with Gasteiger partial charge in [0.15, 0.2) is 0 Å². The summed E-state index contributed by atoms with van der Waals surface area (Å²) in [5.41, 5.74) is -0.129. The molecule has 2 atom stereocenters. The van der Waals surface area contributed by atoms with Gasteiger partial charge in [0.2, 0.25) is 0 Å². The number of ether oxygens (including phenoxy) is 2. The van der Waals surface area contributed by atoms with Crippen LogP contribution in [-0.2, 0) is 20.9 Å². The lowest BCUT2D eigenvalue weighted by molar-refractivity contribution is -0.144. The van der Waals surface area contributed by atoms with Crippen LogP contribution in [0.5, 0.6) is 0 Å². The first-order valence-corrected chi connectivity index (χ1v) is 6.32. The number of carbonyl (C=O) groups is 2. The highest BCUT2D eigenvalue weighted by atomic mass is 16.6. The lowest BCUT2D eigenvalue weighted by atomic mass is 10.2. The van der Waals surface area contributed by atoms with Gasteiger partial charge < -0.3 is 14.8 Å². The molecule has 0 saturated heterocycles. The van der Waals surface area contributed by atoms with Crippen molar-refractivity contribution in [1.29, 1.82) is 0 Å². The second-order valence-corrected chi connectivity index (χ2v) is 4.70. The SMILES string of the molecule is C=C[C@@H]1C[C@@]1(NC(=O)OCc1ccccc1)C(=O)OC. The van der Waals surface area contributed by atoms with Gasteiger partial charge in [0.25, 0.3) is 0 Å². The van der Waals surface area contributed by atoms with E-state index in [1.807, 2.05) is 30.3 Å². The largest absolute Gasteiger partial charge is 0.467 e. The maximum absolute atomic E-state index is 11.8. The highest BCUT2D eigenvalue weighted by Gasteiger charge is 2.61. The zero-order valence-electron chi connectivity index (χ0n) is 11.3. The molecule has 1 saturated carbocycles. The summed E-state index contributed by atoms with van der Waals surface area (Å²) in [5, 5.41) is 2.58. The second kappa shape index (κ2) is 5.77. The Balaban J connectivity index is 1.90. The minimum atomic E-state index is -1.01. The highest BCUT2D eigenvalue weighted by molar-refractivity contribution is 5.90. The maximum atomic E-state index is 11.8. The molecule has 0 unspecified atom stereocenters. The number of alkyl carbamates (subject to hydrolysis) is 1. The van der Waals surface area contributed by atoms with Crippen molar-refractivity contribution in [3.8, 4) is 0 Å². The van der Waals surface area contributed by atoms with Gasteiger partial charge in [0.1, 0.15) is 12.1 Å². The number of carbonyl (C=O) groups excluding carboxylic acids is 2. The van der Waals surface area contributed by atoms with E-state index in [2.05, 4.69) is 11.9 Å². The third-order valence-electron chi connectivity index (χ3n) is 3.39. The van der Waals surface area contributed by atoms with Gasteiger partial charge >= 0.3 is 12.1 Å². The first kappa shape index (κ1) is 14.1. The Bertz CT molecular complexity index is 514. The number of hydrogen-bond donors (Lipinski definition) is 1. The van der Waals surface area contributed by atoms with Gasteiger partial charge in [0, 0.05) is 5.92 Å². The Kier molecular flexibility index (Phi) is 4.08. The molecule has 1 aromatic carbocycles. The lowest BCUT2D eigenvalue weighted by Gasteiger charge is -2.16. The van der Waals surface area contributed by atoms with Crippen molar-refractivity contribution < 1.29 is 19.1 Å². The van der Waals surface area contributed by atoms with Crippen molar-refractivity contribution in [2.45, 2.75) is 18.6 Å². The fourth-order valence-electron chi connectivity index (χ4n) is 2.13. The Hall–Kier alpha value is -2.30. The van der Waals surface area contributed by atoms with Crippen LogP contribution in [-0.4, -0.2) is 24.7 Å². The Morgan fingerprint density at radius 1 is 1.45 bits per heavy atom. The number of benzene rings is 1. The lowest BCUT2D eigenvalue weighted by Crippen LogP contribution is -2.45. The van der Waals surface area contributed by atoms with Crippen LogP contribution in [0.4, 0.5) is 4.79 Å². The average Bonchev–Trinajstić information content (AvgIpc) is 3.19. The summed E-state index contributed by atoms with van der Waals surface area (Å²) in [6, 6.07) is 9.32. The van der Waals surface area contributed by atoms with E-state index in [-0.39, 0.29) is 12.5 Å². The molecule has 0 aliphatic heterocycles.